The molecule has 0 saturated heterocycles. The first kappa shape index (κ1) is 15.6. The number of likely N-dealkylation sites (N-methyl/N-ethyl adjacent to an activating group) is 1. The number of hydrogen-bond donors (Lipinski definition) is 0. The van der Waals surface area contributed by atoms with Crippen molar-refractivity contribution >= 4 is 33.1 Å². The molecule has 0 aromatic heterocycles. The van der Waals surface area contributed by atoms with Gasteiger partial charge in [0.2, 0.25) is 11.7 Å². The highest BCUT2D eigenvalue weighted by Crippen LogP contribution is 2.53. The van der Waals surface area contributed by atoms with Gasteiger partial charge >= 0.3 is 0 Å². The molecule has 25 heavy (non-hydrogen) atoms. The zero-order valence-corrected chi connectivity index (χ0v) is 14.7. The number of benzene rings is 3. The second-order valence-corrected chi connectivity index (χ2v) is 6.07. The summed E-state index contributed by atoms with van der Waals surface area (Å²) in [5.74, 6) is 1.73. The molecule has 0 bridgehead atoms. The molecule has 4 rings (SSSR count). The summed E-state index contributed by atoms with van der Waals surface area (Å²) in [5, 5.41) is 4.03. The van der Waals surface area contributed by atoms with Crippen molar-refractivity contribution in [3.63, 3.8) is 0 Å². The Kier molecular flexibility index (Phi) is 3.46. The standard InChI is InChI=1S/C20H19NO4/c1-21-14-9-11-7-5-6-8-12(11)17-16(14)13(10-15(21)22)18(23-2)20(25-4)19(17)24-3/h5-9H,10H2,1-4H3. The zero-order valence-electron chi connectivity index (χ0n) is 14.7. The molecule has 1 heterocycles. The maximum atomic E-state index is 12.6. The fraction of sp³-hybridized carbons (Fsp3) is 0.250. The zero-order chi connectivity index (χ0) is 17.7. The van der Waals surface area contributed by atoms with E-state index in [4.69, 9.17) is 14.2 Å². The van der Waals surface area contributed by atoms with Crippen LogP contribution in [0.15, 0.2) is 30.3 Å². The summed E-state index contributed by atoms with van der Waals surface area (Å²) in [7, 11) is 6.60. The van der Waals surface area contributed by atoms with Gasteiger partial charge in [-0.3, -0.25) is 4.79 Å². The van der Waals surface area contributed by atoms with Gasteiger partial charge in [-0.05, 0) is 16.8 Å². The lowest BCUT2D eigenvalue weighted by Crippen LogP contribution is -2.31. The number of rotatable bonds is 3. The summed E-state index contributed by atoms with van der Waals surface area (Å²) in [5.41, 5.74) is 1.71. The summed E-state index contributed by atoms with van der Waals surface area (Å²) in [6, 6.07) is 10.1. The lowest BCUT2D eigenvalue weighted by molar-refractivity contribution is -0.117. The largest absolute Gasteiger partial charge is 0.492 e. The van der Waals surface area contributed by atoms with Crippen molar-refractivity contribution in [1.82, 2.24) is 0 Å². The highest BCUT2D eigenvalue weighted by molar-refractivity contribution is 6.23. The number of nitrogens with zero attached hydrogens (tertiary/aromatic N) is 1. The first-order valence-corrected chi connectivity index (χ1v) is 8.05. The molecule has 0 aliphatic carbocycles. The molecule has 3 aromatic rings. The van der Waals surface area contributed by atoms with Crippen molar-refractivity contribution in [2.75, 3.05) is 33.3 Å². The number of amides is 1. The van der Waals surface area contributed by atoms with Crippen LogP contribution in [0, 0.1) is 0 Å². The molecular weight excluding hydrogens is 318 g/mol. The van der Waals surface area contributed by atoms with Crippen molar-refractivity contribution in [2.24, 2.45) is 0 Å². The molecule has 5 nitrogen and oxygen atoms in total. The summed E-state index contributed by atoms with van der Waals surface area (Å²) in [6.07, 6.45) is 0.266. The fourth-order valence-electron chi connectivity index (χ4n) is 3.77. The van der Waals surface area contributed by atoms with Crippen LogP contribution in [0.2, 0.25) is 0 Å². The van der Waals surface area contributed by atoms with Crippen LogP contribution in [-0.4, -0.2) is 34.3 Å². The monoisotopic (exact) mass is 337 g/mol. The van der Waals surface area contributed by atoms with Gasteiger partial charge in [0.25, 0.3) is 0 Å². The van der Waals surface area contributed by atoms with Crippen LogP contribution < -0.4 is 19.1 Å². The minimum atomic E-state index is 0.0228. The smallest absolute Gasteiger partial charge is 0.231 e. The van der Waals surface area contributed by atoms with Crippen LogP contribution in [0.25, 0.3) is 21.5 Å². The Morgan fingerprint density at radius 1 is 0.920 bits per heavy atom. The summed E-state index contributed by atoms with van der Waals surface area (Å²) in [4.78, 5) is 14.3. The Bertz CT molecular complexity index is 1030. The van der Waals surface area contributed by atoms with Gasteiger partial charge in [-0.15, -0.1) is 0 Å². The number of carbonyl (C=O) groups is 1. The predicted molar refractivity (Wildman–Crippen MR) is 98.2 cm³/mol. The molecule has 0 saturated carbocycles. The van der Waals surface area contributed by atoms with E-state index in [1.165, 1.54) is 0 Å². The molecule has 1 aliphatic heterocycles. The van der Waals surface area contributed by atoms with E-state index >= 15 is 0 Å². The van der Waals surface area contributed by atoms with Crippen LogP contribution in [0.4, 0.5) is 5.69 Å². The number of ether oxygens (including phenoxy) is 3. The fourth-order valence-corrected chi connectivity index (χ4v) is 3.77. The van der Waals surface area contributed by atoms with E-state index in [2.05, 4.69) is 6.07 Å². The van der Waals surface area contributed by atoms with Gasteiger partial charge in [0.15, 0.2) is 11.5 Å². The molecule has 3 aromatic carbocycles. The molecule has 0 N–H and O–H groups in total. The van der Waals surface area contributed by atoms with Crippen LogP contribution >= 0.6 is 0 Å². The van der Waals surface area contributed by atoms with Gasteiger partial charge < -0.3 is 19.1 Å². The maximum absolute atomic E-state index is 12.6. The van der Waals surface area contributed by atoms with E-state index in [1.807, 2.05) is 24.3 Å². The van der Waals surface area contributed by atoms with Crippen molar-refractivity contribution in [3.05, 3.63) is 35.9 Å². The van der Waals surface area contributed by atoms with Gasteiger partial charge in [-0.2, -0.15) is 0 Å². The van der Waals surface area contributed by atoms with Crippen LogP contribution in [0.1, 0.15) is 5.56 Å². The maximum Gasteiger partial charge on any atom is 0.231 e. The first-order chi connectivity index (χ1) is 12.1. The van der Waals surface area contributed by atoms with Gasteiger partial charge in [0, 0.05) is 23.4 Å². The number of anilines is 1. The molecule has 128 valence electrons. The highest BCUT2D eigenvalue weighted by Gasteiger charge is 2.32. The SMILES string of the molecule is COc1c(OC)c(OC)c2c3c(cc4ccccc42)N(C)C(=O)Cc13. The Balaban J connectivity index is 2.34. The average Bonchev–Trinajstić information content (AvgIpc) is 2.64. The highest BCUT2D eigenvalue weighted by atomic mass is 16.5. The Labute approximate surface area is 145 Å². The molecule has 1 amide bonds. The summed E-state index contributed by atoms with van der Waals surface area (Å²) < 4.78 is 17.0. The van der Waals surface area contributed by atoms with E-state index in [0.717, 1.165) is 32.8 Å². The molecule has 1 aliphatic rings. The topological polar surface area (TPSA) is 48.0 Å². The minimum absolute atomic E-state index is 0.0228. The lowest BCUT2D eigenvalue weighted by atomic mass is 9.90. The first-order valence-electron chi connectivity index (χ1n) is 8.05. The lowest BCUT2D eigenvalue weighted by Gasteiger charge is -2.30. The molecule has 0 atom stereocenters. The Hall–Kier alpha value is -2.95. The minimum Gasteiger partial charge on any atom is -0.492 e. The van der Waals surface area contributed by atoms with Crippen LogP contribution in [-0.2, 0) is 11.2 Å². The molecule has 0 radical (unpaired) electrons. The third-order valence-corrected chi connectivity index (χ3v) is 4.92. The van der Waals surface area contributed by atoms with Crippen molar-refractivity contribution < 1.29 is 19.0 Å². The van der Waals surface area contributed by atoms with E-state index in [0.29, 0.717) is 17.2 Å². The van der Waals surface area contributed by atoms with Crippen LogP contribution in [0.5, 0.6) is 17.2 Å². The normalized spacial score (nSPS) is 13.4. The number of carbonyl (C=O) groups excluding carboxylic acids is 1. The van der Waals surface area contributed by atoms with Gasteiger partial charge in [0.05, 0.1) is 33.4 Å². The van der Waals surface area contributed by atoms with Gasteiger partial charge in [0.1, 0.15) is 0 Å². The van der Waals surface area contributed by atoms with Crippen molar-refractivity contribution in [3.8, 4) is 17.2 Å². The molecule has 5 heteroatoms. The predicted octanol–water partition coefficient (Wildman–Crippen LogP) is 3.54. The number of hydrogen-bond acceptors (Lipinski definition) is 4. The molecular formula is C20H19NO4. The average molecular weight is 337 g/mol. The van der Waals surface area contributed by atoms with Gasteiger partial charge in [-0.1, -0.05) is 24.3 Å². The second-order valence-electron chi connectivity index (χ2n) is 6.07. The van der Waals surface area contributed by atoms with E-state index in [-0.39, 0.29) is 12.3 Å². The van der Waals surface area contributed by atoms with E-state index in [9.17, 15) is 4.79 Å². The molecule has 0 spiro atoms. The van der Waals surface area contributed by atoms with Crippen LogP contribution in [0.3, 0.4) is 0 Å². The van der Waals surface area contributed by atoms with Gasteiger partial charge in [-0.25, -0.2) is 0 Å². The molecule has 0 unspecified atom stereocenters. The number of fused-ring (bicyclic) bond motifs is 2. The summed E-state index contributed by atoms with van der Waals surface area (Å²) in [6.45, 7) is 0. The molecule has 0 fully saturated rings. The third-order valence-electron chi connectivity index (χ3n) is 4.92. The third kappa shape index (κ3) is 1.98. The van der Waals surface area contributed by atoms with Crippen molar-refractivity contribution in [2.45, 2.75) is 6.42 Å². The quantitative estimate of drug-likeness (QED) is 0.686. The van der Waals surface area contributed by atoms with E-state index < -0.39 is 0 Å². The Morgan fingerprint density at radius 2 is 1.60 bits per heavy atom. The van der Waals surface area contributed by atoms with E-state index in [1.54, 1.807) is 33.3 Å². The van der Waals surface area contributed by atoms with Crippen molar-refractivity contribution in [1.29, 1.82) is 0 Å². The Morgan fingerprint density at radius 3 is 2.28 bits per heavy atom. The summed E-state index contributed by atoms with van der Waals surface area (Å²) >= 11 is 0. The second kappa shape index (κ2) is 5.55. The number of methoxy groups -OCH3 is 3.